The van der Waals surface area contributed by atoms with E-state index in [9.17, 15) is 4.79 Å². The van der Waals surface area contributed by atoms with E-state index < -0.39 is 6.03 Å². The highest BCUT2D eigenvalue weighted by atomic mass is 79.9. The van der Waals surface area contributed by atoms with E-state index in [1.165, 1.54) is 6.21 Å². The number of hydrogen-bond donors (Lipinski definition) is 2. The minimum absolute atomic E-state index is 0.493. The van der Waals surface area contributed by atoms with E-state index in [0.717, 1.165) is 4.47 Å². The van der Waals surface area contributed by atoms with Crippen molar-refractivity contribution in [1.82, 2.24) is 5.43 Å². The molecule has 1 aromatic heterocycles. The number of furan rings is 1. The summed E-state index contributed by atoms with van der Waals surface area (Å²) in [6, 6.07) is 0.969. The largest absolute Gasteiger partial charge is 0.447 e. The number of nitrogens with zero attached hydrogens (tertiary/aromatic N) is 1. The lowest BCUT2D eigenvalue weighted by Crippen LogP contribution is -2.24. The second kappa shape index (κ2) is 4.43. The lowest BCUT2D eigenvalue weighted by Gasteiger charge is -1.88. The van der Waals surface area contributed by atoms with Gasteiger partial charge in [0.25, 0.3) is 0 Å². The summed E-state index contributed by atoms with van der Waals surface area (Å²) in [5.41, 5.74) is 6.82. The smallest absolute Gasteiger partial charge is 0.332 e. The molecule has 70 valence electrons. The van der Waals surface area contributed by atoms with E-state index in [1.54, 1.807) is 6.07 Å². The third-order valence-corrected chi connectivity index (χ3v) is 2.74. The summed E-state index contributed by atoms with van der Waals surface area (Å²) < 4.78 is 6.46. The van der Waals surface area contributed by atoms with Gasteiger partial charge < -0.3 is 10.2 Å². The Balaban J connectivity index is 2.64. The van der Waals surface area contributed by atoms with Crippen LogP contribution in [-0.2, 0) is 0 Å². The fourth-order valence-electron chi connectivity index (χ4n) is 0.586. The highest BCUT2D eigenvalue weighted by Crippen LogP contribution is 2.25. The van der Waals surface area contributed by atoms with Gasteiger partial charge in [0.1, 0.15) is 5.76 Å². The van der Waals surface area contributed by atoms with Crippen LogP contribution in [0.15, 0.2) is 24.7 Å². The molecule has 7 heteroatoms. The van der Waals surface area contributed by atoms with E-state index in [2.05, 4.69) is 37.0 Å². The molecular weight excluding hydrogens is 306 g/mol. The maximum atomic E-state index is 10.2. The van der Waals surface area contributed by atoms with Crippen LogP contribution in [-0.4, -0.2) is 12.2 Å². The van der Waals surface area contributed by atoms with Crippen molar-refractivity contribution in [3.05, 3.63) is 21.0 Å². The molecule has 0 unspecified atom stereocenters. The van der Waals surface area contributed by atoms with Crippen LogP contribution >= 0.6 is 31.9 Å². The first-order chi connectivity index (χ1) is 6.09. The molecule has 3 N–H and O–H groups in total. The maximum absolute atomic E-state index is 10.2. The van der Waals surface area contributed by atoms with Crippen molar-refractivity contribution in [1.29, 1.82) is 0 Å². The maximum Gasteiger partial charge on any atom is 0.332 e. The van der Waals surface area contributed by atoms with Crippen molar-refractivity contribution in [2.75, 3.05) is 0 Å². The summed E-state index contributed by atoms with van der Waals surface area (Å²) in [6.07, 6.45) is 1.33. The van der Waals surface area contributed by atoms with Gasteiger partial charge in [0.2, 0.25) is 0 Å². The fourth-order valence-corrected chi connectivity index (χ4v) is 1.19. The van der Waals surface area contributed by atoms with Crippen molar-refractivity contribution in [3.8, 4) is 0 Å². The van der Waals surface area contributed by atoms with Crippen molar-refractivity contribution < 1.29 is 9.21 Å². The van der Waals surface area contributed by atoms with E-state index in [-0.39, 0.29) is 0 Å². The number of carbonyl (C=O) groups excluding carboxylic acids is 1. The number of halogens is 2. The molecule has 5 nitrogen and oxygen atoms in total. The molecule has 0 radical (unpaired) electrons. The number of hydrogen-bond acceptors (Lipinski definition) is 3. The molecule has 1 rings (SSSR count). The molecule has 0 spiro atoms. The molecular formula is C6H5Br2N3O2. The van der Waals surface area contributed by atoms with Crippen molar-refractivity contribution >= 4 is 44.1 Å². The van der Waals surface area contributed by atoms with Crippen LogP contribution in [0.5, 0.6) is 0 Å². The molecule has 2 amide bonds. The molecule has 0 bridgehead atoms. The predicted octanol–water partition coefficient (Wildman–Crippen LogP) is 1.81. The zero-order valence-electron chi connectivity index (χ0n) is 6.25. The topological polar surface area (TPSA) is 80.6 Å². The molecule has 0 saturated heterocycles. The minimum atomic E-state index is -0.721. The Morgan fingerprint density at radius 1 is 1.69 bits per heavy atom. The highest BCUT2D eigenvalue weighted by molar-refractivity contribution is 9.13. The van der Waals surface area contributed by atoms with Gasteiger partial charge in [-0.3, -0.25) is 0 Å². The molecule has 0 saturated carbocycles. The van der Waals surface area contributed by atoms with E-state index >= 15 is 0 Å². The molecule has 13 heavy (non-hydrogen) atoms. The average Bonchev–Trinajstić information content (AvgIpc) is 2.30. The Bertz CT molecular complexity index is 328. The summed E-state index contributed by atoms with van der Waals surface area (Å²) in [5.74, 6) is 0.493. The van der Waals surface area contributed by atoms with Crippen LogP contribution in [0, 0.1) is 0 Å². The van der Waals surface area contributed by atoms with Crippen molar-refractivity contribution in [3.63, 3.8) is 0 Å². The number of primary amides is 1. The Morgan fingerprint density at radius 2 is 2.38 bits per heavy atom. The van der Waals surface area contributed by atoms with Crippen LogP contribution < -0.4 is 11.2 Å². The molecule has 0 aromatic carbocycles. The fraction of sp³-hybridized carbons (Fsp3) is 0. The number of carbonyl (C=O) groups is 1. The normalized spacial score (nSPS) is 10.6. The molecule has 1 aromatic rings. The average molecular weight is 311 g/mol. The van der Waals surface area contributed by atoms with Crippen molar-refractivity contribution in [2.24, 2.45) is 10.8 Å². The Morgan fingerprint density at radius 3 is 2.85 bits per heavy atom. The van der Waals surface area contributed by atoms with Gasteiger partial charge >= 0.3 is 6.03 Å². The lowest BCUT2D eigenvalue weighted by atomic mass is 10.5. The first-order valence-corrected chi connectivity index (χ1v) is 4.71. The number of hydrazone groups is 1. The summed E-state index contributed by atoms with van der Waals surface area (Å²) in [7, 11) is 0. The molecule has 0 atom stereocenters. The monoisotopic (exact) mass is 309 g/mol. The zero-order valence-corrected chi connectivity index (χ0v) is 9.42. The van der Waals surface area contributed by atoms with Crippen LogP contribution in [0.25, 0.3) is 0 Å². The second-order valence-corrected chi connectivity index (χ2v) is 3.58. The van der Waals surface area contributed by atoms with Gasteiger partial charge in [-0.15, -0.1) is 0 Å². The van der Waals surface area contributed by atoms with Gasteiger partial charge in [-0.25, -0.2) is 10.2 Å². The molecule has 0 aliphatic carbocycles. The van der Waals surface area contributed by atoms with E-state index in [0.29, 0.717) is 10.4 Å². The summed E-state index contributed by atoms with van der Waals surface area (Å²) in [5, 5.41) is 3.51. The number of rotatable bonds is 2. The predicted molar refractivity (Wildman–Crippen MR) is 54.4 cm³/mol. The van der Waals surface area contributed by atoms with Gasteiger partial charge in [0.15, 0.2) is 4.67 Å². The van der Waals surface area contributed by atoms with Gasteiger partial charge in [-0.2, -0.15) is 5.10 Å². The zero-order chi connectivity index (χ0) is 9.84. The number of nitrogens with one attached hydrogen (secondary N) is 1. The van der Waals surface area contributed by atoms with Gasteiger partial charge in [-0.1, -0.05) is 0 Å². The first-order valence-electron chi connectivity index (χ1n) is 3.13. The molecule has 1 heterocycles. The third-order valence-electron chi connectivity index (χ3n) is 1.03. The Hall–Kier alpha value is -0.820. The minimum Gasteiger partial charge on any atom is -0.447 e. The van der Waals surface area contributed by atoms with Gasteiger partial charge in [0, 0.05) is 6.07 Å². The van der Waals surface area contributed by atoms with E-state index in [4.69, 9.17) is 10.2 Å². The molecule has 0 aliphatic heterocycles. The standard InChI is InChI=1S/C6H5Br2N3O2/c7-4-1-3(13-5(4)8)2-10-11-6(9)12/h1-2H,(H3,9,11,12)/b10-2-. The van der Waals surface area contributed by atoms with Gasteiger partial charge in [0.05, 0.1) is 10.7 Å². The summed E-state index contributed by atoms with van der Waals surface area (Å²) in [4.78, 5) is 10.2. The quantitative estimate of drug-likeness (QED) is 0.645. The molecule has 0 aliphatic rings. The van der Waals surface area contributed by atoms with Gasteiger partial charge in [-0.05, 0) is 31.9 Å². The number of urea groups is 1. The van der Waals surface area contributed by atoms with Crippen LogP contribution in [0.2, 0.25) is 0 Å². The first kappa shape index (κ1) is 10.3. The van der Waals surface area contributed by atoms with Crippen molar-refractivity contribution in [2.45, 2.75) is 0 Å². The van der Waals surface area contributed by atoms with Crippen LogP contribution in [0.4, 0.5) is 4.79 Å². The highest BCUT2D eigenvalue weighted by Gasteiger charge is 2.02. The van der Waals surface area contributed by atoms with Crippen LogP contribution in [0.3, 0.4) is 0 Å². The van der Waals surface area contributed by atoms with E-state index in [1.807, 2.05) is 5.43 Å². The Labute approximate surface area is 90.6 Å². The molecule has 0 fully saturated rings. The Kier molecular flexibility index (Phi) is 3.49. The SMILES string of the molecule is NC(=O)N/N=C\c1cc(Br)c(Br)o1. The number of amides is 2. The number of nitrogens with two attached hydrogens (primary N) is 1. The summed E-state index contributed by atoms with van der Waals surface area (Å²) >= 11 is 6.37. The van der Waals surface area contributed by atoms with Crippen LogP contribution in [0.1, 0.15) is 5.76 Å². The summed E-state index contributed by atoms with van der Waals surface area (Å²) in [6.45, 7) is 0. The second-order valence-electron chi connectivity index (χ2n) is 2.00. The lowest BCUT2D eigenvalue weighted by molar-refractivity contribution is 0.249. The third kappa shape index (κ3) is 3.19.